The molecule has 0 spiro atoms. The summed E-state index contributed by atoms with van der Waals surface area (Å²) in [6.07, 6.45) is 0.0402. The molecule has 0 fully saturated rings. The predicted octanol–water partition coefficient (Wildman–Crippen LogP) is 0.349. The molecule has 0 atom stereocenters. The number of carboxylic acids is 1. The summed E-state index contributed by atoms with van der Waals surface area (Å²) in [6, 6.07) is 3.72. The maximum atomic E-state index is 10.1. The van der Waals surface area contributed by atoms with Gasteiger partial charge in [-0.1, -0.05) is 0 Å². The highest BCUT2D eigenvalue weighted by molar-refractivity contribution is 7.12. The molecule has 0 unspecified atom stereocenters. The summed E-state index contributed by atoms with van der Waals surface area (Å²) in [5.41, 5.74) is 0. The third-order valence-corrected chi connectivity index (χ3v) is 2.12. The van der Waals surface area contributed by atoms with Crippen LogP contribution in [0, 0.1) is 6.92 Å². The van der Waals surface area contributed by atoms with Crippen LogP contribution in [0.4, 0.5) is 0 Å². The van der Waals surface area contributed by atoms with Gasteiger partial charge in [-0.05, 0) is 19.1 Å². The third kappa shape index (κ3) is 1.84. The zero-order valence-electron chi connectivity index (χ0n) is 5.59. The molecule has 0 aromatic carbocycles. The molecule has 0 aliphatic heterocycles. The number of carboxylic acid groups (broad SMARTS) is 1. The van der Waals surface area contributed by atoms with Gasteiger partial charge in [0.05, 0.1) is 0 Å². The number of carbonyl (C=O) groups is 1. The van der Waals surface area contributed by atoms with E-state index in [1.54, 1.807) is 0 Å². The quantitative estimate of drug-likeness (QED) is 0.618. The first-order chi connectivity index (χ1) is 4.68. The summed E-state index contributed by atoms with van der Waals surface area (Å²) in [6.45, 7) is 1.95. The standard InChI is InChI=1S/C7H8O2S/c1-5-2-3-6(10-5)4-7(8)9/h2-3H,4H2,1H3,(H,8,9)/p-1. The van der Waals surface area contributed by atoms with E-state index in [0.717, 1.165) is 9.75 Å². The highest BCUT2D eigenvalue weighted by Gasteiger charge is 1.95. The Bertz CT molecular complexity index is 240. The second kappa shape index (κ2) is 2.84. The number of rotatable bonds is 2. The van der Waals surface area contributed by atoms with Crippen molar-refractivity contribution in [3.63, 3.8) is 0 Å². The Morgan fingerprint density at radius 2 is 2.40 bits per heavy atom. The number of aliphatic carboxylic acids is 1. The summed E-state index contributed by atoms with van der Waals surface area (Å²) in [7, 11) is 0. The summed E-state index contributed by atoms with van der Waals surface area (Å²) >= 11 is 1.50. The lowest BCUT2D eigenvalue weighted by Crippen LogP contribution is -2.23. The fraction of sp³-hybridized carbons (Fsp3) is 0.286. The topological polar surface area (TPSA) is 40.1 Å². The van der Waals surface area contributed by atoms with E-state index in [1.165, 1.54) is 11.3 Å². The number of thiophene rings is 1. The van der Waals surface area contributed by atoms with Crippen LogP contribution in [0.3, 0.4) is 0 Å². The van der Waals surface area contributed by atoms with Crippen LogP contribution >= 0.6 is 11.3 Å². The SMILES string of the molecule is Cc1ccc(CC(=O)[O-])s1. The third-order valence-electron chi connectivity index (χ3n) is 1.11. The Morgan fingerprint density at radius 1 is 1.70 bits per heavy atom. The van der Waals surface area contributed by atoms with Gasteiger partial charge < -0.3 is 9.90 Å². The Balaban J connectivity index is 2.67. The van der Waals surface area contributed by atoms with Crippen molar-refractivity contribution in [1.29, 1.82) is 0 Å². The molecule has 0 aliphatic rings. The van der Waals surface area contributed by atoms with Crippen LogP contribution in [-0.4, -0.2) is 5.97 Å². The highest BCUT2D eigenvalue weighted by atomic mass is 32.1. The minimum absolute atomic E-state index is 0.0402. The van der Waals surface area contributed by atoms with Gasteiger partial charge in [0.1, 0.15) is 0 Å². The van der Waals surface area contributed by atoms with E-state index in [9.17, 15) is 9.90 Å². The lowest BCUT2D eigenvalue weighted by atomic mass is 10.3. The molecule has 10 heavy (non-hydrogen) atoms. The van der Waals surface area contributed by atoms with Crippen LogP contribution in [0.2, 0.25) is 0 Å². The number of hydrogen-bond acceptors (Lipinski definition) is 3. The van der Waals surface area contributed by atoms with E-state index in [-0.39, 0.29) is 6.42 Å². The first-order valence-corrected chi connectivity index (χ1v) is 3.75. The van der Waals surface area contributed by atoms with Gasteiger partial charge in [0.2, 0.25) is 0 Å². The maximum Gasteiger partial charge on any atom is 0.0466 e. The lowest BCUT2D eigenvalue weighted by molar-refractivity contribution is -0.304. The van der Waals surface area contributed by atoms with Crippen molar-refractivity contribution in [2.24, 2.45) is 0 Å². The second-order valence-electron chi connectivity index (χ2n) is 2.06. The van der Waals surface area contributed by atoms with Crippen LogP contribution in [0.25, 0.3) is 0 Å². The van der Waals surface area contributed by atoms with E-state index in [0.29, 0.717) is 0 Å². The Hall–Kier alpha value is -0.830. The van der Waals surface area contributed by atoms with Crippen LogP contribution in [-0.2, 0) is 11.2 Å². The Kier molecular flexibility index (Phi) is 2.06. The number of carbonyl (C=O) groups excluding carboxylic acids is 1. The van der Waals surface area contributed by atoms with E-state index in [4.69, 9.17) is 0 Å². The molecule has 1 aromatic rings. The Morgan fingerprint density at radius 3 is 2.80 bits per heavy atom. The molecule has 2 nitrogen and oxygen atoms in total. The van der Waals surface area contributed by atoms with Gasteiger partial charge >= 0.3 is 0 Å². The summed E-state index contributed by atoms with van der Waals surface area (Å²) in [5.74, 6) is -1.01. The molecule has 0 amide bonds. The molecule has 0 aliphatic carbocycles. The zero-order chi connectivity index (χ0) is 7.56. The van der Waals surface area contributed by atoms with Gasteiger partial charge in [-0.3, -0.25) is 0 Å². The van der Waals surface area contributed by atoms with Gasteiger partial charge in [0, 0.05) is 22.1 Å². The first kappa shape index (κ1) is 7.28. The fourth-order valence-corrected chi connectivity index (χ4v) is 1.60. The summed E-state index contributed by atoms with van der Waals surface area (Å²) in [5, 5.41) is 10.1. The monoisotopic (exact) mass is 155 g/mol. The molecular formula is C7H7O2S-. The summed E-state index contributed by atoms with van der Waals surface area (Å²) in [4.78, 5) is 12.1. The van der Waals surface area contributed by atoms with Crippen molar-refractivity contribution in [3.05, 3.63) is 21.9 Å². The Labute approximate surface area is 63.1 Å². The molecule has 0 bridgehead atoms. The normalized spacial score (nSPS) is 9.70. The first-order valence-electron chi connectivity index (χ1n) is 2.93. The molecule has 3 heteroatoms. The molecule has 54 valence electrons. The average Bonchev–Trinajstić information content (AvgIpc) is 2.13. The molecular weight excluding hydrogens is 148 g/mol. The minimum Gasteiger partial charge on any atom is -0.550 e. The van der Waals surface area contributed by atoms with Gasteiger partial charge in [0.25, 0.3) is 0 Å². The van der Waals surface area contributed by atoms with Crippen molar-refractivity contribution in [1.82, 2.24) is 0 Å². The number of aryl methyl sites for hydroxylation is 1. The van der Waals surface area contributed by atoms with E-state index in [1.807, 2.05) is 19.1 Å². The molecule has 0 radical (unpaired) electrons. The van der Waals surface area contributed by atoms with E-state index >= 15 is 0 Å². The largest absolute Gasteiger partial charge is 0.550 e. The minimum atomic E-state index is -1.01. The van der Waals surface area contributed by atoms with Gasteiger partial charge in [0.15, 0.2) is 0 Å². The van der Waals surface area contributed by atoms with Crippen LogP contribution in [0.5, 0.6) is 0 Å². The van der Waals surface area contributed by atoms with Crippen LogP contribution < -0.4 is 5.11 Å². The van der Waals surface area contributed by atoms with Crippen molar-refractivity contribution >= 4 is 17.3 Å². The van der Waals surface area contributed by atoms with Crippen LogP contribution in [0.1, 0.15) is 9.75 Å². The molecule has 0 saturated heterocycles. The van der Waals surface area contributed by atoms with Crippen LogP contribution in [0.15, 0.2) is 12.1 Å². The van der Waals surface area contributed by atoms with E-state index in [2.05, 4.69) is 0 Å². The molecule has 1 heterocycles. The van der Waals surface area contributed by atoms with Gasteiger partial charge in [-0.2, -0.15) is 0 Å². The van der Waals surface area contributed by atoms with Gasteiger partial charge in [-0.15, -0.1) is 11.3 Å². The average molecular weight is 155 g/mol. The van der Waals surface area contributed by atoms with Crippen molar-refractivity contribution in [2.75, 3.05) is 0 Å². The molecule has 0 saturated carbocycles. The second-order valence-corrected chi connectivity index (χ2v) is 3.43. The van der Waals surface area contributed by atoms with Crippen molar-refractivity contribution in [3.8, 4) is 0 Å². The zero-order valence-corrected chi connectivity index (χ0v) is 6.40. The molecule has 0 N–H and O–H groups in total. The highest BCUT2D eigenvalue weighted by Crippen LogP contribution is 2.14. The number of hydrogen-bond donors (Lipinski definition) is 0. The van der Waals surface area contributed by atoms with E-state index < -0.39 is 5.97 Å². The maximum absolute atomic E-state index is 10.1. The van der Waals surface area contributed by atoms with Crippen molar-refractivity contribution < 1.29 is 9.90 Å². The smallest absolute Gasteiger partial charge is 0.0466 e. The van der Waals surface area contributed by atoms with Gasteiger partial charge in [-0.25, -0.2) is 0 Å². The van der Waals surface area contributed by atoms with Crippen molar-refractivity contribution in [2.45, 2.75) is 13.3 Å². The predicted molar refractivity (Wildman–Crippen MR) is 37.8 cm³/mol. The lowest BCUT2D eigenvalue weighted by Gasteiger charge is -1.95. The molecule has 1 aromatic heterocycles. The summed E-state index contributed by atoms with van der Waals surface area (Å²) < 4.78 is 0. The fourth-order valence-electron chi connectivity index (χ4n) is 0.722. The molecule has 1 rings (SSSR count).